The first kappa shape index (κ1) is 36.3. The van der Waals surface area contributed by atoms with Gasteiger partial charge in [-0.3, -0.25) is 14.4 Å². The highest BCUT2D eigenvalue weighted by atomic mass is 16.7. The van der Waals surface area contributed by atoms with Crippen molar-refractivity contribution in [3.8, 4) is 0 Å². The van der Waals surface area contributed by atoms with E-state index in [4.69, 9.17) is 19.0 Å². The zero-order valence-corrected chi connectivity index (χ0v) is 30.0. The highest BCUT2D eigenvalue weighted by Crippen LogP contribution is 2.63. The molecule has 0 bridgehead atoms. The Morgan fingerprint density at radius 1 is 1.06 bits per heavy atom. The van der Waals surface area contributed by atoms with Crippen LogP contribution in [0.1, 0.15) is 99.3 Å². The number of hydrogen-bond donors (Lipinski definition) is 4. The van der Waals surface area contributed by atoms with E-state index in [1.807, 2.05) is 20.8 Å². The second-order valence-electron chi connectivity index (χ2n) is 17.0. The van der Waals surface area contributed by atoms with E-state index in [0.29, 0.717) is 25.4 Å². The fraction of sp³-hybridized carbons (Fsp3) is 0.829. The Morgan fingerprint density at radius 3 is 2.32 bits per heavy atom. The van der Waals surface area contributed by atoms with Gasteiger partial charge in [0.05, 0.1) is 31.4 Å². The van der Waals surface area contributed by atoms with E-state index in [2.05, 4.69) is 21.1 Å². The van der Waals surface area contributed by atoms with Gasteiger partial charge in [0.2, 0.25) is 11.8 Å². The molecule has 4 N–H and O–H groups in total. The third-order valence-corrected chi connectivity index (χ3v) is 11.6. The molecule has 0 aromatic rings. The number of hydrogen-bond acceptors (Lipinski definition) is 10. The molecule has 3 aliphatic carbocycles. The van der Waals surface area contributed by atoms with Crippen LogP contribution in [0.4, 0.5) is 4.79 Å². The zero-order valence-electron chi connectivity index (χ0n) is 30.0. The molecule has 2 saturated heterocycles. The number of nitrogens with zero attached hydrogens (tertiary/aromatic N) is 2. The molecular formula is C35H53N5O10. The first-order chi connectivity index (χ1) is 23.5. The van der Waals surface area contributed by atoms with E-state index in [-0.39, 0.29) is 49.3 Å². The van der Waals surface area contributed by atoms with Gasteiger partial charge in [0, 0.05) is 25.3 Å². The molecule has 0 radical (unpaired) electrons. The minimum Gasteiger partial charge on any atom is -0.477 e. The molecule has 15 heteroatoms. The predicted octanol–water partition coefficient (Wildman–Crippen LogP) is 2.25. The number of carbonyl (C=O) groups excluding carboxylic acids is 4. The number of nitrogens with one attached hydrogen (secondary N) is 3. The van der Waals surface area contributed by atoms with Crippen molar-refractivity contribution in [1.82, 2.24) is 20.9 Å². The lowest BCUT2D eigenvalue weighted by Gasteiger charge is -2.42. The van der Waals surface area contributed by atoms with Crippen LogP contribution in [-0.2, 0) is 38.2 Å². The summed E-state index contributed by atoms with van der Waals surface area (Å²) < 4.78 is 17.5. The molecule has 15 nitrogen and oxygen atoms in total. The van der Waals surface area contributed by atoms with Gasteiger partial charge < -0.3 is 45.0 Å². The molecule has 0 aromatic carbocycles. The van der Waals surface area contributed by atoms with Crippen LogP contribution >= 0.6 is 0 Å². The Kier molecular flexibility index (Phi) is 9.64. The van der Waals surface area contributed by atoms with Crippen molar-refractivity contribution >= 4 is 35.5 Å². The van der Waals surface area contributed by atoms with Crippen molar-refractivity contribution in [2.75, 3.05) is 19.8 Å². The van der Waals surface area contributed by atoms with Gasteiger partial charge >= 0.3 is 12.1 Å². The lowest BCUT2D eigenvalue weighted by atomic mass is 9.78. The summed E-state index contributed by atoms with van der Waals surface area (Å²) in [6, 6.07) is -2.91. The Labute approximate surface area is 292 Å². The van der Waals surface area contributed by atoms with Gasteiger partial charge in [-0.05, 0) is 55.3 Å². The highest BCUT2D eigenvalue weighted by molar-refractivity contribution is 6.36. The monoisotopic (exact) mass is 703 g/mol. The van der Waals surface area contributed by atoms with Crippen molar-refractivity contribution in [3.63, 3.8) is 0 Å². The van der Waals surface area contributed by atoms with E-state index in [1.165, 1.54) is 4.90 Å². The summed E-state index contributed by atoms with van der Waals surface area (Å²) in [4.78, 5) is 74.9. The van der Waals surface area contributed by atoms with Gasteiger partial charge in [0.1, 0.15) is 18.2 Å². The summed E-state index contributed by atoms with van der Waals surface area (Å²) >= 11 is 0. The first-order valence-corrected chi connectivity index (χ1v) is 18.1. The van der Waals surface area contributed by atoms with E-state index in [1.54, 1.807) is 20.8 Å². The van der Waals surface area contributed by atoms with Gasteiger partial charge in [-0.15, -0.1) is 0 Å². The number of carbonyl (C=O) groups is 5. The Balaban J connectivity index is 1.28. The average molecular weight is 704 g/mol. The minimum atomic E-state index is -1.27. The molecular weight excluding hydrogens is 650 g/mol. The fourth-order valence-electron chi connectivity index (χ4n) is 7.59. The third-order valence-electron chi connectivity index (χ3n) is 11.6. The molecule has 5 fully saturated rings. The molecule has 6 rings (SSSR count). The number of amides is 4. The summed E-state index contributed by atoms with van der Waals surface area (Å²) in [5, 5.41) is 22.4. The number of carboxylic acids is 1. The van der Waals surface area contributed by atoms with E-state index < -0.39 is 70.6 Å². The van der Waals surface area contributed by atoms with Gasteiger partial charge in [-0.1, -0.05) is 46.7 Å². The second kappa shape index (κ2) is 13.3. The lowest BCUT2D eigenvalue weighted by Crippen LogP contribution is -2.63. The number of alkyl carbamates (subject to hydrolysis) is 1. The molecule has 2 unspecified atom stereocenters. The highest BCUT2D eigenvalue weighted by Gasteiger charge is 2.65. The normalized spacial score (nSPS) is 31.8. The molecule has 6 aliphatic rings. The van der Waals surface area contributed by atoms with Gasteiger partial charge in [0.15, 0.2) is 17.4 Å². The lowest BCUT2D eigenvalue weighted by molar-refractivity contribution is -0.155. The Hall–Kier alpha value is -3.46. The number of aliphatic carboxylic acids is 1. The van der Waals surface area contributed by atoms with Crippen LogP contribution in [0.3, 0.4) is 0 Å². The van der Waals surface area contributed by atoms with Gasteiger partial charge in [0.25, 0.3) is 5.91 Å². The fourth-order valence-corrected chi connectivity index (χ4v) is 7.59. The topological polar surface area (TPSA) is 194 Å². The SMILES string of the molecule is CCC(C)(C)[C@H](NC(=O)[C@@H]1C[C@]2(CC(C(=O)O)=NO2)CN1C(=O)[C@@H](NC(=O)O[C@H]1CCOC1)C(C)(C)C)C(OC12CC[C@@H]1C2)C(=O)NC1CC1. The van der Waals surface area contributed by atoms with Crippen molar-refractivity contribution in [3.05, 3.63) is 0 Å². The van der Waals surface area contributed by atoms with Crippen LogP contribution in [0.2, 0.25) is 0 Å². The summed E-state index contributed by atoms with van der Waals surface area (Å²) in [7, 11) is 0. The van der Waals surface area contributed by atoms with E-state index in [9.17, 15) is 29.1 Å². The van der Waals surface area contributed by atoms with Crippen molar-refractivity contribution in [2.24, 2.45) is 21.9 Å². The standard InChI is InChI=1S/C35H53N5O10/c1-7-33(5,6)25(24(28(42)36-20-8-9-20)49-35-12-10-19(35)14-35)37-27(41)23-16-34(15-22(30(44)45)39-50-34)18-40(23)29(43)26(32(2,3)4)38-31(46)48-21-11-13-47-17-21/h19-21,23-26H,7-18H2,1-6H3,(H,36,42)(H,37,41)(H,38,46)(H,44,45)/t19-,21+,23+,24?,25-,26-,34-,35?/m1/s1. The first-order valence-electron chi connectivity index (χ1n) is 18.1. The molecule has 1 spiro atoms. The molecule has 3 saturated carbocycles. The molecule has 278 valence electrons. The maximum Gasteiger partial charge on any atom is 0.408 e. The summed E-state index contributed by atoms with van der Waals surface area (Å²) in [5.41, 5.74) is -3.22. The summed E-state index contributed by atoms with van der Waals surface area (Å²) in [6.45, 7) is 11.9. The molecule has 3 heterocycles. The number of rotatable bonds is 13. The average Bonchev–Trinajstić information content (AvgIpc) is 3.64. The second-order valence-corrected chi connectivity index (χ2v) is 17.0. The largest absolute Gasteiger partial charge is 0.477 e. The summed E-state index contributed by atoms with van der Waals surface area (Å²) in [5.74, 6) is -2.18. The van der Waals surface area contributed by atoms with Crippen LogP contribution in [-0.4, -0.2) is 113 Å². The van der Waals surface area contributed by atoms with E-state index in [0.717, 1.165) is 32.1 Å². The number of fused-ring (bicyclic) bond motifs is 1. The third kappa shape index (κ3) is 7.44. The smallest absolute Gasteiger partial charge is 0.408 e. The molecule has 50 heavy (non-hydrogen) atoms. The summed E-state index contributed by atoms with van der Waals surface area (Å²) in [6.07, 6.45) is 3.43. The Bertz CT molecular complexity index is 1410. The van der Waals surface area contributed by atoms with Crippen LogP contribution in [0.25, 0.3) is 0 Å². The molecule has 3 aliphatic heterocycles. The number of ether oxygens (including phenoxy) is 3. The van der Waals surface area contributed by atoms with Crippen LogP contribution in [0, 0.1) is 16.7 Å². The zero-order chi connectivity index (χ0) is 36.2. The Morgan fingerprint density at radius 2 is 1.80 bits per heavy atom. The number of carboxylic acid groups (broad SMARTS) is 1. The maximum atomic E-state index is 14.6. The molecule has 0 aromatic heterocycles. The molecule has 8 atom stereocenters. The quantitative estimate of drug-likeness (QED) is 0.221. The van der Waals surface area contributed by atoms with Crippen LogP contribution in [0.5, 0.6) is 0 Å². The van der Waals surface area contributed by atoms with Crippen molar-refractivity contribution in [1.29, 1.82) is 0 Å². The minimum absolute atomic E-state index is 0.0450. The van der Waals surface area contributed by atoms with Gasteiger partial charge in [-0.25, -0.2) is 9.59 Å². The maximum absolute atomic E-state index is 14.6. The predicted molar refractivity (Wildman–Crippen MR) is 178 cm³/mol. The van der Waals surface area contributed by atoms with Crippen molar-refractivity contribution < 1.29 is 48.1 Å². The number of oxime groups is 1. The number of likely N-dealkylation sites (tertiary alicyclic amines) is 1. The van der Waals surface area contributed by atoms with Crippen molar-refractivity contribution in [2.45, 2.75) is 147 Å². The van der Waals surface area contributed by atoms with Crippen LogP contribution in [0.15, 0.2) is 5.16 Å². The molecule has 4 amide bonds. The van der Waals surface area contributed by atoms with Gasteiger partial charge in [-0.2, -0.15) is 0 Å². The van der Waals surface area contributed by atoms with E-state index >= 15 is 0 Å². The van der Waals surface area contributed by atoms with Crippen LogP contribution < -0.4 is 16.0 Å².